The van der Waals surface area contributed by atoms with Gasteiger partial charge in [0.25, 0.3) is 0 Å². The van der Waals surface area contributed by atoms with E-state index in [2.05, 4.69) is 5.32 Å². The minimum absolute atomic E-state index is 0.105. The van der Waals surface area contributed by atoms with Crippen LogP contribution in [-0.2, 0) is 28.3 Å². The van der Waals surface area contributed by atoms with E-state index in [-0.39, 0.29) is 30.2 Å². The Bertz CT molecular complexity index is 1250. The first-order chi connectivity index (χ1) is 18.9. The van der Waals surface area contributed by atoms with Crippen LogP contribution < -0.4 is 5.32 Å². The normalized spacial score (nSPS) is 14.5. The third-order valence-electron chi connectivity index (χ3n) is 6.96. The number of thioether (sulfide) groups is 1. The van der Waals surface area contributed by atoms with E-state index in [0.717, 1.165) is 42.4 Å². The molecule has 3 aromatic carbocycles. The molecule has 4 rings (SSSR count). The molecule has 1 saturated carbocycles. The molecule has 4 nitrogen and oxygen atoms in total. The molecule has 1 atom stereocenters. The van der Waals surface area contributed by atoms with Crippen molar-refractivity contribution >= 4 is 58.4 Å². The fourth-order valence-electron chi connectivity index (χ4n) is 4.90. The Labute approximate surface area is 250 Å². The fraction of sp³-hybridized carbons (Fsp3) is 0.355. The molecule has 0 saturated heterocycles. The SMILES string of the molecule is O=C(NC1CCCCC1)[C@@H](Cc1ccccc1)N(Cc1cccc(Cl)c1)C(=O)CSCc1ccc(Cl)cc1Cl. The van der Waals surface area contributed by atoms with E-state index < -0.39 is 6.04 Å². The van der Waals surface area contributed by atoms with Gasteiger partial charge < -0.3 is 10.2 Å². The molecule has 0 heterocycles. The van der Waals surface area contributed by atoms with Gasteiger partial charge in [0.1, 0.15) is 6.04 Å². The van der Waals surface area contributed by atoms with Crippen molar-refractivity contribution in [1.82, 2.24) is 10.2 Å². The molecule has 3 aromatic rings. The maximum atomic E-state index is 13.8. The van der Waals surface area contributed by atoms with Crippen molar-refractivity contribution in [2.24, 2.45) is 0 Å². The Balaban J connectivity index is 1.57. The summed E-state index contributed by atoms with van der Waals surface area (Å²) in [6.45, 7) is 0.289. The van der Waals surface area contributed by atoms with E-state index in [1.165, 1.54) is 18.2 Å². The van der Waals surface area contributed by atoms with E-state index >= 15 is 0 Å². The van der Waals surface area contributed by atoms with Crippen molar-refractivity contribution in [3.63, 3.8) is 0 Å². The maximum absolute atomic E-state index is 13.8. The molecule has 1 fully saturated rings. The topological polar surface area (TPSA) is 49.4 Å². The summed E-state index contributed by atoms with van der Waals surface area (Å²) in [6, 6.07) is 22.2. The molecule has 206 valence electrons. The number of rotatable bonds is 11. The average Bonchev–Trinajstić information content (AvgIpc) is 2.93. The highest BCUT2D eigenvalue weighted by Crippen LogP contribution is 2.26. The summed E-state index contributed by atoms with van der Waals surface area (Å²) >= 11 is 20.1. The Morgan fingerprint density at radius 1 is 0.872 bits per heavy atom. The van der Waals surface area contributed by atoms with Crippen LogP contribution in [0.3, 0.4) is 0 Å². The number of hydrogen-bond donors (Lipinski definition) is 1. The minimum atomic E-state index is -0.652. The summed E-state index contributed by atoms with van der Waals surface area (Å²) < 4.78 is 0. The summed E-state index contributed by atoms with van der Waals surface area (Å²) in [5.41, 5.74) is 2.80. The lowest BCUT2D eigenvalue weighted by molar-refractivity contribution is -0.139. The second kappa shape index (κ2) is 15.0. The van der Waals surface area contributed by atoms with Crippen LogP contribution in [0.4, 0.5) is 0 Å². The molecule has 2 amide bonds. The highest BCUT2D eigenvalue weighted by atomic mass is 35.5. The van der Waals surface area contributed by atoms with Gasteiger partial charge in [0.15, 0.2) is 0 Å². The fourth-order valence-corrected chi connectivity index (χ4v) is 6.58. The van der Waals surface area contributed by atoms with Gasteiger partial charge >= 0.3 is 0 Å². The Morgan fingerprint density at radius 3 is 2.31 bits per heavy atom. The maximum Gasteiger partial charge on any atom is 0.243 e. The molecule has 0 bridgehead atoms. The number of halogens is 3. The summed E-state index contributed by atoms with van der Waals surface area (Å²) in [7, 11) is 0. The number of hydrogen-bond acceptors (Lipinski definition) is 3. The number of carbonyl (C=O) groups excluding carboxylic acids is 2. The van der Waals surface area contributed by atoms with E-state index in [9.17, 15) is 9.59 Å². The van der Waals surface area contributed by atoms with E-state index in [1.807, 2.05) is 54.6 Å². The third kappa shape index (κ3) is 9.18. The lowest BCUT2D eigenvalue weighted by Crippen LogP contribution is -2.53. The Morgan fingerprint density at radius 2 is 1.59 bits per heavy atom. The second-order valence-electron chi connectivity index (χ2n) is 9.93. The van der Waals surface area contributed by atoms with Gasteiger partial charge in [-0.15, -0.1) is 11.8 Å². The van der Waals surface area contributed by atoms with Gasteiger partial charge in [-0.3, -0.25) is 9.59 Å². The van der Waals surface area contributed by atoms with Crippen LogP contribution >= 0.6 is 46.6 Å². The molecule has 0 spiro atoms. The highest BCUT2D eigenvalue weighted by molar-refractivity contribution is 7.99. The monoisotopic (exact) mass is 602 g/mol. The van der Waals surface area contributed by atoms with E-state index in [4.69, 9.17) is 34.8 Å². The molecule has 0 radical (unpaired) electrons. The first-order valence-corrected chi connectivity index (χ1v) is 15.6. The highest BCUT2D eigenvalue weighted by Gasteiger charge is 2.32. The van der Waals surface area contributed by atoms with Crippen molar-refractivity contribution in [3.05, 3.63) is 105 Å². The van der Waals surface area contributed by atoms with Crippen LogP contribution in [-0.4, -0.2) is 34.6 Å². The number of amides is 2. The number of nitrogens with zero attached hydrogens (tertiary/aromatic N) is 1. The predicted octanol–water partition coefficient (Wildman–Crippen LogP) is 7.97. The molecule has 0 aliphatic heterocycles. The lowest BCUT2D eigenvalue weighted by Gasteiger charge is -2.33. The van der Waals surface area contributed by atoms with Gasteiger partial charge in [0.2, 0.25) is 11.8 Å². The zero-order chi connectivity index (χ0) is 27.6. The van der Waals surface area contributed by atoms with Crippen LogP contribution in [0, 0.1) is 0 Å². The van der Waals surface area contributed by atoms with Gasteiger partial charge in [-0.25, -0.2) is 0 Å². The molecule has 8 heteroatoms. The van der Waals surface area contributed by atoms with Crippen molar-refractivity contribution < 1.29 is 9.59 Å². The summed E-state index contributed by atoms with van der Waals surface area (Å²) in [5, 5.41) is 5.02. The molecular formula is C31H33Cl3N2O2S. The van der Waals surface area contributed by atoms with Crippen LogP contribution in [0.1, 0.15) is 48.8 Å². The van der Waals surface area contributed by atoms with Crippen LogP contribution in [0.25, 0.3) is 0 Å². The molecule has 39 heavy (non-hydrogen) atoms. The van der Waals surface area contributed by atoms with Crippen LogP contribution in [0.5, 0.6) is 0 Å². The summed E-state index contributed by atoms with van der Waals surface area (Å²) in [6.07, 6.45) is 5.81. The average molecular weight is 604 g/mol. The number of carbonyl (C=O) groups is 2. The van der Waals surface area contributed by atoms with Crippen LogP contribution in [0.2, 0.25) is 15.1 Å². The van der Waals surface area contributed by atoms with Gasteiger partial charge in [-0.2, -0.15) is 0 Å². The largest absolute Gasteiger partial charge is 0.352 e. The first kappa shape index (κ1) is 29.8. The first-order valence-electron chi connectivity index (χ1n) is 13.3. The quantitative estimate of drug-likeness (QED) is 0.242. The number of nitrogens with one attached hydrogen (secondary N) is 1. The van der Waals surface area contributed by atoms with E-state index in [1.54, 1.807) is 23.1 Å². The Kier molecular flexibility index (Phi) is 11.5. The zero-order valence-corrected chi connectivity index (χ0v) is 24.8. The van der Waals surface area contributed by atoms with Crippen molar-refractivity contribution in [1.29, 1.82) is 0 Å². The molecule has 1 aliphatic carbocycles. The molecule has 0 unspecified atom stereocenters. The van der Waals surface area contributed by atoms with Crippen LogP contribution in [0.15, 0.2) is 72.8 Å². The summed E-state index contributed by atoms with van der Waals surface area (Å²) in [5.74, 6) is 0.558. The number of benzene rings is 3. The molecule has 1 N–H and O–H groups in total. The molecule has 0 aromatic heterocycles. The lowest BCUT2D eigenvalue weighted by atomic mass is 9.94. The van der Waals surface area contributed by atoms with Gasteiger partial charge in [-0.1, -0.05) is 103 Å². The van der Waals surface area contributed by atoms with Crippen molar-refractivity contribution in [3.8, 4) is 0 Å². The standard InChI is InChI=1S/C31H33Cl3N2O2S/c32-25-11-7-10-23(16-25)19-36(30(37)21-39-20-24-14-15-26(33)18-28(24)34)29(17-22-8-3-1-4-9-22)31(38)35-27-12-5-2-6-13-27/h1,3-4,7-11,14-16,18,27,29H,2,5-6,12-13,17,19-21H2,(H,35,38)/t29-/m1/s1. The third-order valence-corrected chi connectivity index (χ3v) is 8.75. The smallest absolute Gasteiger partial charge is 0.243 e. The molecule has 1 aliphatic rings. The summed E-state index contributed by atoms with van der Waals surface area (Å²) in [4.78, 5) is 29.4. The van der Waals surface area contributed by atoms with Crippen molar-refractivity contribution in [2.45, 2.75) is 62.9 Å². The zero-order valence-electron chi connectivity index (χ0n) is 21.8. The van der Waals surface area contributed by atoms with Crippen molar-refractivity contribution in [2.75, 3.05) is 5.75 Å². The van der Waals surface area contributed by atoms with Gasteiger partial charge in [0.05, 0.1) is 5.75 Å². The minimum Gasteiger partial charge on any atom is -0.352 e. The van der Waals surface area contributed by atoms with Gasteiger partial charge in [-0.05, 0) is 53.8 Å². The molecular weight excluding hydrogens is 571 g/mol. The predicted molar refractivity (Wildman–Crippen MR) is 164 cm³/mol. The van der Waals surface area contributed by atoms with E-state index in [0.29, 0.717) is 27.2 Å². The Hall–Kier alpha value is -2.18. The second-order valence-corrected chi connectivity index (χ2v) is 12.2. The van der Waals surface area contributed by atoms with Gasteiger partial charge in [0, 0.05) is 39.8 Å².